The zero-order valence-electron chi connectivity index (χ0n) is 13.9. The largest absolute Gasteiger partial charge is 0.470 e. The smallest absolute Gasteiger partial charge is 0.228 e. The molecule has 25 heavy (non-hydrogen) atoms. The minimum atomic E-state index is -0.429. The zero-order chi connectivity index (χ0) is 18.1. The summed E-state index contributed by atoms with van der Waals surface area (Å²) in [6.45, 7) is 1.63. The number of carbonyl (C=O) groups is 2. The van der Waals surface area contributed by atoms with Crippen molar-refractivity contribution >= 4 is 17.4 Å². The molecule has 1 aromatic carbocycles. The molecule has 2 aliphatic rings. The average molecular weight is 339 g/mol. The monoisotopic (exact) mass is 339 g/mol. The van der Waals surface area contributed by atoms with Crippen molar-refractivity contribution in [1.29, 1.82) is 5.26 Å². The van der Waals surface area contributed by atoms with Crippen LogP contribution < -0.4 is 4.90 Å². The predicted octanol–water partition coefficient (Wildman–Crippen LogP) is 1.18. The van der Waals surface area contributed by atoms with Gasteiger partial charge in [0, 0.05) is 19.5 Å². The Bertz CT molecular complexity index is 850. The van der Waals surface area contributed by atoms with E-state index in [0.717, 1.165) is 0 Å². The zero-order valence-corrected chi connectivity index (χ0v) is 13.9. The summed E-state index contributed by atoms with van der Waals surface area (Å²) in [5.74, 6) is -0.361. The summed E-state index contributed by atoms with van der Waals surface area (Å²) in [6, 6.07) is 8.82. The summed E-state index contributed by atoms with van der Waals surface area (Å²) in [7, 11) is 1.73. The molecule has 7 nitrogen and oxygen atoms in total. The van der Waals surface area contributed by atoms with Crippen molar-refractivity contribution in [1.82, 2.24) is 4.90 Å². The number of aliphatic hydroxyl groups excluding tert-OH is 1. The number of nitriles is 1. The number of ketones is 1. The molecular formula is C18H17N3O4. The highest BCUT2D eigenvalue weighted by Gasteiger charge is 2.35. The van der Waals surface area contributed by atoms with Crippen molar-refractivity contribution in [2.75, 3.05) is 25.1 Å². The van der Waals surface area contributed by atoms with Crippen LogP contribution in [-0.4, -0.2) is 48.0 Å². The Morgan fingerprint density at radius 3 is 2.80 bits per heavy atom. The molecule has 1 aromatic rings. The van der Waals surface area contributed by atoms with Crippen LogP contribution in [0.5, 0.6) is 0 Å². The fraction of sp³-hybridized carbons (Fsp3) is 0.278. The fourth-order valence-electron chi connectivity index (χ4n) is 3.02. The number of hydrogen-bond donors (Lipinski definition) is 1. The van der Waals surface area contributed by atoms with Crippen LogP contribution in [-0.2, 0) is 9.53 Å². The van der Waals surface area contributed by atoms with Gasteiger partial charge in [0.2, 0.25) is 17.6 Å². The molecule has 0 radical (unpaired) electrons. The minimum absolute atomic E-state index is 0.113. The third-order valence-corrected chi connectivity index (χ3v) is 4.12. The van der Waals surface area contributed by atoms with Crippen molar-refractivity contribution in [3.63, 3.8) is 0 Å². The normalized spacial score (nSPS) is 22.7. The first-order valence-electron chi connectivity index (χ1n) is 7.77. The van der Waals surface area contributed by atoms with Gasteiger partial charge in [-0.15, -0.1) is 0 Å². The van der Waals surface area contributed by atoms with Crippen molar-refractivity contribution in [2.24, 2.45) is 0 Å². The van der Waals surface area contributed by atoms with Gasteiger partial charge in [0.25, 0.3) is 0 Å². The van der Waals surface area contributed by atoms with Gasteiger partial charge in [-0.25, -0.2) is 0 Å². The first kappa shape index (κ1) is 16.7. The molecule has 1 unspecified atom stereocenters. The van der Waals surface area contributed by atoms with Crippen molar-refractivity contribution in [3.05, 3.63) is 53.1 Å². The van der Waals surface area contributed by atoms with Gasteiger partial charge in [0.05, 0.1) is 24.5 Å². The molecule has 1 amide bonds. The van der Waals surface area contributed by atoms with Gasteiger partial charge < -0.3 is 14.7 Å². The summed E-state index contributed by atoms with van der Waals surface area (Å²) >= 11 is 0. The lowest BCUT2D eigenvalue weighted by Crippen LogP contribution is -2.26. The molecule has 0 aliphatic carbocycles. The number of aliphatic hydroxyl groups is 1. The van der Waals surface area contributed by atoms with Gasteiger partial charge in [-0.2, -0.15) is 5.26 Å². The number of carbonyl (C=O) groups excluding carboxylic acids is 2. The Morgan fingerprint density at radius 1 is 1.48 bits per heavy atom. The molecule has 3 rings (SSSR count). The molecule has 1 fully saturated rings. The van der Waals surface area contributed by atoms with Crippen LogP contribution >= 0.6 is 0 Å². The molecule has 2 aliphatic heterocycles. The van der Waals surface area contributed by atoms with E-state index in [4.69, 9.17) is 4.74 Å². The van der Waals surface area contributed by atoms with Gasteiger partial charge in [0.1, 0.15) is 17.7 Å². The number of hydrogen-bond acceptors (Lipinski definition) is 6. The van der Waals surface area contributed by atoms with E-state index in [9.17, 15) is 20.0 Å². The second-order valence-corrected chi connectivity index (χ2v) is 5.86. The summed E-state index contributed by atoms with van der Waals surface area (Å²) in [6.07, 6.45) is 0.942. The van der Waals surface area contributed by atoms with Crippen molar-refractivity contribution in [3.8, 4) is 6.07 Å². The van der Waals surface area contributed by atoms with Gasteiger partial charge in [0.15, 0.2) is 0 Å². The Morgan fingerprint density at radius 2 is 2.20 bits per heavy atom. The number of ether oxygens (including phenoxy) is 1. The lowest BCUT2D eigenvalue weighted by atomic mass is 10.1. The molecule has 0 aromatic heterocycles. The predicted molar refractivity (Wildman–Crippen MR) is 89.2 cm³/mol. The minimum Gasteiger partial charge on any atom is -0.470 e. The number of likely N-dealkylation sites (N-methyl/N-ethyl adjacent to an activating group) is 1. The van der Waals surface area contributed by atoms with Gasteiger partial charge in [-0.3, -0.25) is 14.5 Å². The third kappa shape index (κ3) is 2.77. The van der Waals surface area contributed by atoms with E-state index in [2.05, 4.69) is 0 Å². The molecule has 128 valence electrons. The van der Waals surface area contributed by atoms with E-state index in [0.29, 0.717) is 17.8 Å². The van der Waals surface area contributed by atoms with Crippen LogP contribution in [0, 0.1) is 11.3 Å². The number of nitrogens with zero attached hydrogens (tertiary/aromatic N) is 3. The first-order chi connectivity index (χ1) is 12.0. The Balaban J connectivity index is 2.10. The number of benzene rings is 1. The molecule has 7 heteroatoms. The maximum atomic E-state index is 12.7. The van der Waals surface area contributed by atoms with Crippen LogP contribution in [0.1, 0.15) is 17.3 Å². The molecule has 1 saturated heterocycles. The van der Waals surface area contributed by atoms with Gasteiger partial charge >= 0.3 is 0 Å². The van der Waals surface area contributed by atoms with Crippen molar-refractivity contribution < 1.29 is 19.4 Å². The molecule has 1 atom stereocenters. The highest BCUT2D eigenvalue weighted by atomic mass is 16.5. The second kappa shape index (κ2) is 6.42. The second-order valence-electron chi connectivity index (χ2n) is 5.86. The maximum absolute atomic E-state index is 12.7. The molecule has 0 bridgehead atoms. The number of rotatable bonds is 2. The van der Waals surface area contributed by atoms with E-state index in [1.165, 1.54) is 17.9 Å². The Kier molecular flexibility index (Phi) is 4.30. The molecule has 1 N–H and O–H groups in total. The summed E-state index contributed by atoms with van der Waals surface area (Å²) < 4.78 is 5.57. The summed E-state index contributed by atoms with van der Waals surface area (Å²) in [5.41, 5.74) is 1.16. The Labute approximate surface area is 145 Å². The molecular weight excluding hydrogens is 322 g/mol. The van der Waals surface area contributed by atoms with E-state index < -0.39 is 6.10 Å². The quantitative estimate of drug-likeness (QED) is 0.642. The van der Waals surface area contributed by atoms with Crippen LogP contribution in [0.2, 0.25) is 0 Å². The number of anilines is 1. The number of Topliss-reactive ketones (excluding diaryl/α,β-unsaturated/α-hetero) is 1. The van der Waals surface area contributed by atoms with Gasteiger partial charge in [-0.05, 0) is 18.2 Å². The van der Waals surface area contributed by atoms with Crippen molar-refractivity contribution in [2.45, 2.75) is 13.0 Å². The third-order valence-electron chi connectivity index (χ3n) is 4.12. The number of amides is 1. The lowest BCUT2D eigenvalue weighted by Gasteiger charge is -2.16. The standard InChI is InChI=1S/C18H17N3O4/c1-11(23)21-15-6-4-3-5-14(15)17(24)16(21)7-12(8-19)18-20(2)9-13(10-22)25-18/h3-7,13,22H,9-10H2,1-2H3. The molecule has 0 saturated carbocycles. The number of para-hydroxylation sites is 1. The Hall–Kier alpha value is -3.11. The van der Waals surface area contributed by atoms with E-state index in [1.807, 2.05) is 6.07 Å². The average Bonchev–Trinajstić information content (AvgIpc) is 3.11. The van der Waals surface area contributed by atoms with Crippen LogP contribution in [0.25, 0.3) is 0 Å². The van der Waals surface area contributed by atoms with E-state index in [1.54, 1.807) is 36.2 Å². The highest BCUT2D eigenvalue weighted by molar-refractivity contribution is 6.25. The maximum Gasteiger partial charge on any atom is 0.228 e. The lowest BCUT2D eigenvalue weighted by molar-refractivity contribution is -0.116. The molecule has 0 spiro atoms. The first-order valence-corrected chi connectivity index (χ1v) is 7.77. The van der Waals surface area contributed by atoms with E-state index in [-0.39, 0.29) is 35.5 Å². The topological polar surface area (TPSA) is 93.9 Å². The van der Waals surface area contributed by atoms with Crippen LogP contribution in [0.4, 0.5) is 5.69 Å². The highest BCUT2D eigenvalue weighted by Crippen LogP contribution is 2.35. The number of allylic oxidation sites excluding steroid dienone is 3. The van der Waals surface area contributed by atoms with E-state index >= 15 is 0 Å². The summed E-state index contributed by atoms with van der Waals surface area (Å²) in [4.78, 5) is 27.8. The molecule has 2 heterocycles. The van der Waals surface area contributed by atoms with Crippen LogP contribution in [0.15, 0.2) is 47.5 Å². The number of fused-ring (bicyclic) bond motifs is 1. The fourth-order valence-corrected chi connectivity index (χ4v) is 3.02. The van der Waals surface area contributed by atoms with Gasteiger partial charge in [-0.1, -0.05) is 12.1 Å². The van der Waals surface area contributed by atoms with Crippen LogP contribution in [0.3, 0.4) is 0 Å². The summed E-state index contributed by atoms with van der Waals surface area (Å²) in [5, 5.41) is 18.8. The SMILES string of the molecule is CC(=O)N1C(=CC(C#N)=C2OC(CO)CN2C)C(=O)c2ccccc21.